The zero-order valence-electron chi connectivity index (χ0n) is 12.9. The molecule has 4 nitrogen and oxygen atoms in total. The van der Waals surface area contributed by atoms with Gasteiger partial charge in [0.15, 0.2) is 0 Å². The van der Waals surface area contributed by atoms with Gasteiger partial charge in [0.05, 0.1) is 11.6 Å². The molecule has 0 aliphatic carbocycles. The maximum Gasteiger partial charge on any atom is 0.236 e. The summed E-state index contributed by atoms with van der Waals surface area (Å²) in [5.74, 6) is -0.184. The minimum Gasteiger partial charge on any atom is -0.336 e. The number of amides is 1. The van der Waals surface area contributed by atoms with Crippen molar-refractivity contribution in [2.45, 2.75) is 25.4 Å². The van der Waals surface area contributed by atoms with Gasteiger partial charge in [-0.3, -0.25) is 9.69 Å². The highest BCUT2D eigenvalue weighted by molar-refractivity contribution is 6.30. The predicted octanol–water partition coefficient (Wildman–Crippen LogP) is 2.30. The highest BCUT2D eigenvalue weighted by atomic mass is 35.5. The van der Waals surface area contributed by atoms with Gasteiger partial charge in [-0.2, -0.15) is 0 Å². The Morgan fingerprint density at radius 2 is 2.17 bits per heavy atom. The van der Waals surface area contributed by atoms with Gasteiger partial charge >= 0.3 is 0 Å². The minimum atomic E-state index is -0.381. The van der Waals surface area contributed by atoms with Gasteiger partial charge in [0.2, 0.25) is 5.91 Å². The van der Waals surface area contributed by atoms with E-state index in [1.807, 2.05) is 4.90 Å². The summed E-state index contributed by atoms with van der Waals surface area (Å²) >= 11 is 5.85. The fourth-order valence-corrected chi connectivity index (χ4v) is 3.54. The Kier molecular flexibility index (Phi) is 6.65. The van der Waals surface area contributed by atoms with E-state index >= 15 is 0 Å². The van der Waals surface area contributed by atoms with Crippen molar-refractivity contribution in [3.63, 3.8) is 0 Å². The van der Waals surface area contributed by atoms with Crippen LogP contribution in [0.3, 0.4) is 0 Å². The van der Waals surface area contributed by atoms with Crippen molar-refractivity contribution >= 4 is 29.9 Å². The van der Waals surface area contributed by atoms with Crippen LogP contribution in [0, 0.1) is 5.82 Å². The molecule has 128 valence electrons. The minimum absolute atomic E-state index is 0. The van der Waals surface area contributed by atoms with Gasteiger partial charge in [-0.05, 0) is 37.1 Å². The van der Waals surface area contributed by atoms with Gasteiger partial charge in [-0.25, -0.2) is 4.39 Å². The number of nitrogens with one attached hydrogen (secondary N) is 1. The Morgan fingerprint density at radius 1 is 1.35 bits per heavy atom. The standard InChI is InChI=1S/C16H21ClFN3O.ClH/c17-14-8-12(3-4-15(14)18)10-20-6-1-2-13(11-20)21-7-5-19-9-16(21)22;/h3-4,8,13,19H,1-2,5-7,9-11H2;1H. The number of piperazine rings is 1. The lowest BCUT2D eigenvalue weighted by Gasteiger charge is -2.41. The zero-order chi connectivity index (χ0) is 15.5. The molecule has 1 amide bonds. The molecular formula is C16H22Cl2FN3O. The Labute approximate surface area is 147 Å². The van der Waals surface area contributed by atoms with Crippen molar-refractivity contribution in [3.05, 3.63) is 34.6 Å². The number of rotatable bonds is 3. The van der Waals surface area contributed by atoms with E-state index in [0.29, 0.717) is 12.6 Å². The predicted molar refractivity (Wildman–Crippen MR) is 91.5 cm³/mol. The van der Waals surface area contributed by atoms with Crippen LogP contribution in [0.5, 0.6) is 0 Å². The third-order valence-electron chi connectivity index (χ3n) is 4.44. The van der Waals surface area contributed by atoms with Crippen molar-refractivity contribution in [1.82, 2.24) is 15.1 Å². The third kappa shape index (κ3) is 4.57. The molecule has 3 rings (SSSR count). The normalized spacial score (nSPS) is 22.8. The first-order chi connectivity index (χ1) is 10.6. The van der Waals surface area contributed by atoms with Crippen LogP contribution in [0.2, 0.25) is 5.02 Å². The summed E-state index contributed by atoms with van der Waals surface area (Å²) in [5, 5.41) is 3.28. The van der Waals surface area contributed by atoms with E-state index in [0.717, 1.165) is 51.1 Å². The molecule has 2 heterocycles. The first kappa shape index (κ1) is 18.5. The van der Waals surface area contributed by atoms with E-state index in [-0.39, 0.29) is 29.2 Å². The molecular weight excluding hydrogens is 340 g/mol. The Morgan fingerprint density at radius 3 is 2.91 bits per heavy atom. The summed E-state index contributed by atoms with van der Waals surface area (Å²) in [6, 6.07) is 5.18. The molecule has 1 aromatic carbocycles. The summed E-state index contributed by atoms with van der Waals surface area (Å²) in [7, 11) is 0. The van der Waals surface area contributed by atoms with Crippen LogP contribution in [0.1, 0.15) is 18.4 Å². The smallest absolute Gasteiger partial charge is 0.236 e. The number of benzene rings is 1. The summed E-state index contributed by atoms with van der Waals surface area (Å²) < 4.78 is 13.2. The Hall–Kier alpha value is -0.880. The molecule has 2 fully saturated rings. The topological polar surface area (TPSA) is 35.6 Å². The number of hydrogen-bond acceptors (Lipinski definition) is 3. The molecule has 0 spiro atoms. The van der Waals surface area contributed by atoms with E-state index in [2.05, 4.69) is 10.2 Å². The fourth-order valence-electron chi connectivity index (χ4n) is 3.33. The molecule has 7 heteroatoms. The SMILES string of the molecule is Cl.O=C1CNCCN1C1CCCN(Cc2ccc(F)c(Cl)c2)C1. The van der Waals surface area contributed by atoms with Crippen LogP contribution in [-0.4, -0.2) is 54.5 Å². The van der Waals surface area contributed by atoms with E-state index in [1.54, 1.807) is 12.1 Å². The summed E-state index contributed by atoms with van der Waals surface area (Å²) in [4.78, 5) is 16.4. The van der Waals surface area contributed by atoms with Crippen LogP contribution >= 0.6 is 24.0 Å². The third-order valence-corrected chi connectivity index (χ3v) is 4.73. The molecule has 1 atom stereocenters. The Balaban J connectivity index is 0.00000192. The van der Waals surface area contributed by atoms with Gasteiger partial charge in [-0.15, -0.1) is 12.4 Å². The van der Waals surface area contributed by atoms with Crippen molar-refractivity contribution in [2.75, 3.05) is 32.7 Å². The lowest BCUT2D eigenvalue weighted by Crippen LogP contribution is -2.56. The quantitative estimate of drug-likeness (QED) is 0.896. The van der Waals surface area contributed by atoms with Crippen molar-refractivity contribution in [2.24, 2.45) is 0 Å². The molecule has 2 aliphatic heterocycles. The van der Waals surface area contributed by atoms with E-state index in [4.69, 9.17) is 11.6 Å². The fraction of sp³-hybridized carbons (Fsp3) is 0.562. The highest BCUT2D eigenvalue weighted by Crippen LogP contribution is 2.21. The van der Waals surface area contributed by atoms with Crippen LogP contribution in [0.4, 0.5) is 4.39 Å². The molecule has 1 unspecified atom stereocenters. The molecule has 1 aromatic rings. The molecule has 1 N–H and O–H groups in total. The second-order valence-electron chi connectivity index (χ2n) is 6.04. The lowest BCUT2D eigenvalue weighted by molar-refractivity contribution is -0.135. The van der Waals surface area contributed by atoms with E-state index in [9.17, 15) is 9.18 Å². The summed E-state index contributed by atoms with van der Waals surface area (Å²) in [6.45, 7) is 4.74. The number of halogens is 3. The second kappa shape index (κ2) is 8.29. The van der Waals surface area contributed by atoms with Gasteiger partial charge in [0, 0.05) is 32.2 Å². The van der Waals surface area contributed by atoms with Crippen LogP contribution in [-0.2, 0) is 11.3 Å². The summed E-state index contributed by atoms with van der Waals surface area (Å²) in [6.07, 6.45) is 2.14. The maximum atomic E-state index is 13.2. The molecule has 0 saturated carbocycles. The lowest BCUT2D eigenvalue weighted by atomic mass is 10.0. The highest BCUT2D eigenvalue weighted by Gasteiger charge is 2.29. The second-order valence-corrected chi connectivity index (χ2v) is 6.45. The molecule has 2 aliphatic rings. The number of carbonyl (C=O) groups excluding carboxylic acids is 1. The zero-order valence-corrected chi connectivity index (χ0v) is 14.5. The average Bonchev–Trinajstić information content (AvgIpc) is 2.52. The average molecular weight is 362 g/mol. The molecule has 0 radical (unpaired) electrons. The Bertz CT molecular complexity index is 558. The van der Waals surface area contributed by atoms with Crippen molar-refractivity contribution in [1.29, 1.82) is 0 Å². The van der Waals surface area contributed by atoms with Gasteiger partial charge < -0.3 is 10.2 Å². The molecule has 2 saturated heterocycles. The number of nitrogens with zero attached hydrogens (tertiary/aromatic N) is 2. The van der Waals surface area contributed by atoms with Gasteiger partial charge in [-0.1, -0.05) is 17.7 Å². The number of hydrogen-bond donors (Lipinski definition) is 1. The monoisotopic (exact) mass is 361 g/mol. The molecule has 0 aromatic heterocycles. The number of likely N-dealkylation sites (tertiary alicyclic amines) is 1. The first-order valence-electron chi connectivity index (χ1n) is 7.80. The van der Waals surface area contributed by atoms with E-state index in [1.165, 1.54) is 6.07 Å². The number of carbonyl (C=O) groups is 1. The van der Waals surface area contributed by atoms with Gasteiger partial charge in [0.25, 0.3) is 0 Å². The van der Waals surface area contributed by atoms with Crippen LogP contribution < -0.4 is 5.32 Å². The molecule has 0 bridgehead atoms. The maximum absolute atomic E-state index is 13.2. The first-order valence-corrected chi connectivity index (χ1v) is 8.18. The summed E-state index contributed by atoms with van der Waals surface area (Å²) in [5.41, 5.74) is 1.01. The van der Waals surface area contributed by atoms with Gasteiger partial charge in [0.1, 0.15) is 5.82 Å². The van der Waals surface area contributed by atoms with Crippen LogP contribution in [0.25, 0.3) is 0 Å². The van der Waals surface area contributed by atoms with E-state index < -0.39 is 0 Å². The van der Waals surface area contributed by atoms with Crippen molar-refractivity contribution < 1.29 is 9.18 Å². The van der Waals surface area contributed by atoms with Crippen molar-refractivity contribution in [3.8, 4) is 0 Å². The number of piperidine rings is 1. The largest absolute Gasteiger partial charge is 0.336 e. The molecule has 23 heavy (non-hydrogen) atoms. The van der Waals surface area contributed by atoms with Crippen LogP contribution in [0.15, 0.2) is 18.2 Å².